The van der Waals surface area contributed by atoms with Gasteiger partial charge in [-0.05, 0) is 23.7 Å². The summed E-state index contributed by atoms with van der Waals surface area (Å²) in [5.74, 6) is -0.759. The van der Waals surface area contributed by atoms with Crippen molar-refractivity contribution < 1.29 is 31.1 Å². The lowest BCUT2D eigenvalue weighted by molar-refractivity contribution is -0.144. The summed E-state index contributed by atoms with van der Waals surface area (Å²) in [7, 11) is -2.41. The maximum atomic E-state index is 13.2. The van der Waals surface area contributed by atoms with Crippen molar-refractivity contribution >= 4 is 38.9 Å². The molecule has 2 heterocycles. The molecule has 160 valence electrons. The SMILES string of the molecule is COC(=O)Cn1nc(C(F)(F)F)c(Cl)c1-c1nc(-c2cccc(S(C)(=O)=O)c2)ns1. The minimum absolute atomic E-state index is 0.0319. The van der Waals surface area contributed by atoms with Crippen LogP contribution >= 0.6 is 23.1 Å². The highest BCUT2D eigenvalue weighted by Gasteiger charge is 2.40. The molecule has 0 aliphatic carbocycles. The first kappa shape index (κ1) is 22.2. The molecule has 3 rings (SSSR count). The van der Waals surface area contributed by atoms with E-state index in [1.54, 1.807) is 6.07 Å². The molecule has 0 saturated heterocycles. The highest BCUT2D eigenvalue weighted by Crippen LogP contribution is 2.40. The third-order valence-corrected chi connectivity index (χ3v) is 6.01. The Balaban J connectivity index is 2.11. The van der Waals surface area contributed by atoms with E-state index in [4.69, 9.17) is 11.6 Å². The molecule has 0 unspecified atom stereocenters. The normalized spacial score (nSPS) is 12.2. The van der Waals surface area contributed by atoms with Gasteiger partial charge < -0.3 is 4.74 Å². The first-order valence-corrected chi connectivity index (χ1v) is 11.0. The molecule has 0 atom stereocenters. The van der Waals surface area contributed by atoms with Crippen LogP contribution < -0.4 is 0 Å². The van der Waals surface area contributed by atoms with Gasteiger partial charge in [-0.1, -0.05) is 23.7 Å². The van der Waals surface area contributed by atoms with Gasteiger partial charge in [-0.15, -0.1) is 0 Å². The van der Waals surface area contributed by atoms with E-state index in [1.165, 1.54) is 18.2 Å². The molecule has 1 aromatic carbocycles. The minimum atomic E-state index is -4.86. The van der Waals surface area contributed by atoms with Crippen LogP contribution in [0, 0.1) is 0 Å². The number of methoxy groups -OCH3 is 1. The molecule has 0 amide bonds. The number of carbonyl (C=O) groups excluding carboxylic acids is 1. The second kappa shape index (κ2) is 7.96. The third kappa shape index (κ3) is 4.47. The van der Waals surface area contributed by atoms with Crippen LogP contribution in [0.2, 0.25) is 5.02 Å². The van der Waals surface area contributed by atoms with Crippen LogP contribution in [0.25, 0.3) is 22.1 Å². The number of hydrogen-bond acceptors (Lipinski definition) is 8. The van der Waals surface area contributed by atoms with Gasteiger partial charge in [0.05, 0.1) is 12.0 Å². The Morgan fingerprint density at radius 1 is 1.33 bits per heavy atom. The standard InChI is InChI=1S/C16H12ClF3N4O4S2/c1-28-10(25)7-24-12(11(17)13(22-24)16(18,19)20)15-21-14(23-29-15)8-4-3-5-9(6-8)30(2,26)27/h3-6H,7H2,1-2H3. The van der Waals surface area contributed by atoms with Gasteiger partial charge in [0.1, 0.15) is 17.3 Å². The number of esters is 1. The number of nitrogens with zero attached hydrogens (tertiary/aromatic N) is 4. The third-order valence-electron chi connectivity index (χ3n) is 3.82. The summed E-state index contributed by atoms with van der Waals surface area (Å²) in [6, 6.07) is 5.78. The number of sulfone groups is 1. The van der Waals surface area contributed by atoms with Crippen LogP contribution in [0.4, 0.5) is 13.2 Å². The first-order chi connectivity index (χ1) is 13.9. The van der Waals surface area contributed by atoms with Crippen LogP contribution in [-0.2, 0) is 32.1 Å². The van der Waals surface area contributed by atoms with Gasteiger partial charge in [-0.2, -0.15) is 22.6 Å². The van der Waals surface area contributed by atoms with E-state index in [0.717, 1.165) is 29.6 Å². The molecule has 0 spiro atoms. The molecule has 0 aliphatic heterocycles. The van der Waals surface area contributed by atoms with Gasteiger partial charge >= 0.3 is 12.1 Å². The average Bonchev–Trinajstić information content (AvgIpc) is 3.25. The van der Waals surface area contributed by atoms with Gasteiger partial charge in [-0.25, -0.2) is 18.1 Å². The zero-order chi connectivity index (χ0) is 22.3. The van der Waals surface area contributed by atoms with Crippen LogP contribution in [0.5, 0.6) is 0 Å². The van der Waals surface area contributed by atoms with E-state index in [0.29, 0.717) is 5.56 Å². The summed E-state index contributed by atoms with van der Waals surface area (Å²) in [6.45, 7) is -0.625. The summed E-state index contributed by atoms with van der Waals surface area (Å²) >= 11 is 6.64. The van der Waals surface area contributed by atoms with E-state index in [2.05, 4.69) is 19.2 Å². The quantitative estimate of drug-likeness (QED) is 0.516. The molecule has 0 radical (unpaired) electrons. The van der Waals surface area contributed by atoms with Crippen molar-refractivity contribution in [2.24, 2.45) is 0 Å². The summed E-state index contributed by atoms with van der Waals surface area (Å²) < 4.78 is 72.5. The number of aromatic nitrogens is 4. The Kier molecular flexibility index (Phi) is 5.89. The number of alkyl halides is 3. The van der Waals surface area contributed by atoms with Crippen LogP contribution in [-0.4, -0.2) is 46.9 Å². The van der Waals surface area contributed by atoms with Crippen molar-refractivity contribution in [2.75, 3.05) is 13.4 Å². The van der Waals surface area contributed by atoms with Crippen molar-refractivity contribution in [1.29, 1.82) is 0 Å². The van der Waals surface area contributed by atoms with Gasteiger partial charge in [-0.3, -0.25) is 4.79 Å². The molecule has 8 nitrogen and oxygen atoms in total. The Bertz CT molecular complexity index is 1220. The lowest BCUT2D eigenvalue weighted by atomic mass is 10.2. The van der Waals surface area contributed by atoms with E-state index in [1.807, 2.05) is 0 Å². The van der Waals surface area contributed by atoms with Crippen molar-refractivity contribution in [3.63, 3.8) is 0 Å². The highest BCUT2D eigenvalue weighted by atomic mass is 35.5. The fourth-order valence-corrected chi connectivity index (χ4v) is 4.22. The summed E-state index contributed by atoms with van der Waals surface area (Å²) in [5.41, 5.74) is -1.29. The number of hydrogen-bond donors (Lipinski definition) is 0. The maximum Gasteiger partial charge on any atom is 0.436 e. The molecule has 0 aliphatic rings. The van der Waals surface area contributed by atoms with Gasteiger partial charge in [0.15, 0.2) is 26.4 Å². The van der Waals surface area contributed by atoms with E-state index in [9.17, 15) is 26.4 Å². The predicted molar refractivity (Wildman–Crippen MR) is 102 cm³/mol. The number of benzene rings is 1. The van der Waals surface area contributed by atoms with Crippen molar-refractivity contribution in [3.05, 3.63) is 35.0 Å². The van der Waals surface area contributed by atoms with Crippen LogP contribution in [0.15, 0.2) is 29.2 Å². The average molecular weight is 481 g/mol. The van der Waals surface area contributed by atoms with Gasteiger partial charge in [0.25, 0.3) is 0 Å². The maximum absolute atomic E-state index is 13.2. The molecule has 14 heteroatoms. The van der Waals surface area contributed by atoms with Crippen LogP contribution in [0.1, 0.15) is 5.69 Å². The van der Waals surface area contributed by atoms with Crippen LogP contribution in [0.3, 0.4) is 0 Å². The Morgan fingerprint density at radius 3 is 2.63 bits per heavy atom. The zero-order valence-corrected chi connectivity index (χ0v) is 17.7. The largest absolute Gasteiger partial charge is 0.468 e. The van der Waals surface area contributed by atoms with E-state index in [-0.39, 0.29) is 21.4 Å². The minimum Gasteiger partial charge on any atom is -0.468 e. The lowest BCUT2D eigenvalue weighted by Crippen LogP contribution is -2.15. The summed E-state index contributed by atoms with van der Waals surface area (Å²) in [4.78, 5) is 15.8. The monoisotopic (exact) mass is 480 g/mol. The van der Waals surface area contributed by atoms with Crippen molar-refractivity contribution in [2.45, 2.75) is 17.6 Å². The zero-order valence-electron chi connectivity index (χ0n) is 15.3. The molecule has 3 aromatic rings. The van der Waals surface area contributed by atoms with Crippen molar-refractivity contribution in [1.82, 2.24) is 19.1 Å². The smallest absolute Gasteiger partial charge is 0.436 e. The first-order valence-electron chi connectivity index (χ1n) is 7.96. The molecular weight excluding hydrogens is 469 g/mol. The molecule has 0 fully saturated rings. The number of carbonyl (C=O) groups is 1. The fraction of sp³-hybridized carbons (Fsp3) is 0.250. The molecule has 0 bridgehead atoms. The van der Waals surface area contributed by atoms with Gasteiger partial charge in [0.2, 0.25) is 0 Å². The summed E-state index contributed by atoms with van der Waals surface area (Å²) in [6.07, 6.45) is -3.82. The van der Waals surface area contributed by atoms with E-state index < -0.39 is 39.2 Å². The number of halogens is 4. The Morgan fingerprint density at radius 2 is 2.03 bits per heavy atom. The lowest BCUT2D eigenvalue weighted by Gasteiger charge is -2.03. The van der Waals surface area contributed by atoms with Gasteiger partial charge in [0, 0.05) is 11.8 Å². The summed E-state index contributed by atoms with van der Waals surface area (Å²) in [5, 5.41) is 2.62. The molecule has 30 heavy (non-hydrogen) atoms. The molecular formula is C16H12ClF3N4O4S2. The topological polar surface area (TPSA) is 104 Å². The fourth-order valence-electron chi connectivity index (χ4n) is 2.43. The molecule has 2 aromatic heterocycles. The Hall–Kier alpha value is -2.51. The number of rotatable bonds is 5. The second-order valence-electron chi connectivity index (χ2n) is 5.97. The number of ether oxygens (including phenoxy) is 1. The predicted octanol–water partition coefficient (Wildman–Crippen LogP) is 3.32. The second-order valence-corrected chi connectivity index (χ2v) is 9.11. The highest BCUT2D eigenvalue weighted by molar-refractivity contribution is 7.90. The molecule has 0 saturated carbocycles. The molecule has 0 N–H and O–H groups in total. The van der Waals surface area contributed by atoms with E-state index >= 15 is 0 Å². The van der Waals surface area contributed by atoms with Crippen molar-refractivity contribution in [3.8, 4) is 22.1 Å². The Labute approximate surface area is 177 Å².